The van der Waals surface area contributed by atoms with Gasteiger partial charge in [0.25, 0.3) is 0 Å². The van der Waals surface area contributed by atoms with E-state index in [2.05, 4.69) is 15.5 Å². The first-order valence-electron chi connectivity index (χ1n) is 9.46. The second-order valence-electron chi connectivity index (χ2n) is 7.16. The van der Waals surface area contributed by atoms with Crippen LogP contribution in [0, 0.1) is 0 Å². The van der Waals surface area contributed by atoms with Crippen LogP contribution in [0.2, 0.25) is 5.02 Å². The Morgan fingerprint density at radius 1 is 1.18 bits per heavy atom. The molecule has 1 aliphatic rings. The Balaban J connectivity index is 1.51. The molecule has 0 spiro atoms. The first-order chi connectivity index (χ1) is 13.6. The fraction of sp³-hybridized carbons (Fsp3) is 0.273. The molecule has 4 rings (SSSR count). The van der Waals surface area contributed by atoms with Crippen LogP contribution in [-0.2, 0) is 24.2 Å². The fourth-order valence-electron chi connectivity index (χ4n) is 3.87. The second-order valence-corrected chi connectivity index (χ2v) is 7.60. The number of phenolic OH excluding ortho intramolecular Hbond substituents is 1. The summed E-state index contributed by atoms with van der Waals surface area (Å²) in [6, 6.07) is 14.5. The van der Waals surface area contributed by atoms with Gasteiger partial charge in [0.1, 0.15) is 5.75 Å². The van der Waals surface area contributed by atoms with Crippen LogP contribution in [0.15, 0.2) is 48.5 Å². The molecule has 0 bridgehead atoms. The van der Waals surface area contributed by atoms with Crippen molar-refractivity contribution in [2.45, 2.75) is 38.1 Å². The highest BCUT2D eigenvalue weighted by atomic mass is 35.5. The molecule has 0 radical (unpaired) electrons. The molecule has 5 nitrogen and oxygen atoms in total. The van der Waals surface area contributed by atoms with Crippen molar-refractivity contribution in [3.63, 3.8) is 0 Å². The van der Waals surface area contributed by atoms with E-state index >= 15 is 0 Å². The summed E-state index contributed by atoms with van der Waals surface area (Å²) in [5.74, 6) is -0.0872. The van der Waals surface area contributed by atoms with Crippen LogP contribution >= 0.6 is 11.6 Å². The molecule has 6 heteroatoms. The number of benzene rings is 2. The molecule has 0 aliphatic heterocycles. The highest BCUT2D eigenvalue weighted by Crippen LogP contribution is 2.31. The van der Waals surface area contributed by atoms with Gasteiger partial charge in [-0.05, 0) is 60.2 Å². The van der Waals surface area contributed by atoms with E-state index in [0.717, 1.165) is 36.1 Å². The number of carbonyl (C=O) groups excluding carboxylic acids is 1. The Morgan fingerprint density at radius 3 is 2.75 bits per heavy atom. The maximum Gasteiger partial charge on any atom is 0.221 e. The number of aromatic hydroxyl groups is 1. The van der Waals surface area contributed by atoms with Crippen LogP contribution < -0.4 is 5.32 Å². The summed E-state index contributed by atoms with van der Waals surface area (Å²) in [5, 5.41) is 20.9. The average Bonchev–Trinajstić information content (AvgIpc) is 3.28. The Morgan fingerprint density at radius 2 is 1.96 bits per heavy atom. The van der Waals surface area contributed by atoms with Crippen LogP contribution in [0.4, 0.5) is 0 Å². The van der Waals surface area contributed by atoms with Gasteiger partial charge < -0.3 is 10.4 Å². The molecule has 0 saturated heterocycles. The number of nitrogens with one attached hydrogen (secondary N) is 2. The van der Waals surface area contributed by atoms with Gasteiger partial charge in [0.05, 0.1) is 12.2 Å². The molecule has 0 fully saturated rings. The SMILES string of the molecule is O=C(C[C@H](c1cccc(O)c1)c1cccc(Cl)c1)NCc1n[nH]c2c1CCC2. The number of aryl methyl sites for hydroxylation is 1. The highest BCUT2D eigenvalue weighted by Gasteiger charge is 2.21. The Labute approximate surface area is 168 Å². The third-order valence-corrected chi connectivity index (χ3v) is 5.49. The molecule has 28 heavy (non-hydrogen) atoms. The lowest BCUT2D eigenvalue weighted by atomic mass is 9.88. The summed E-state index contributed by atoms with van der Waals surface area (Å²) >= 11 is 6.17. The van der Waals surface area contributed by atoms with E-state index in [4.69, 9.17) is 11.6 Å². The number of amides is 1. The van der Waals surface area contributed by atoms with Gasteiger partial charge in [-0.15, -0.1) is 0 Å². The van der Waals surface area contributed by atoms with E-state index in [9.17, 15) is 9.90 Å². The first-order valence-corrected chi connectivity index (χ1v) is 9.84. The molecule has 2 aromatic carbocycles. The molecular formula is C22H22ClN3O2. The molecule has 1 aliphatic carbocycles. The molecule has 3 N–H and O–H groups in total. The van der Waals surface area contributed by atoms with Crippen LogP contribution in [0.3, 0.4) is 0 Å². The van der Waals surface area contributed by atoms with Crippen molar-refractivity contribution < 1.29 is 9.90 Å². The normalized spacial score (nSPS) is 13.9. The van der Waals surface area contributed by atoms with Crippen LogP contribution in [-0.4, -0.2) is 21.2 Å². The van der Waals surface area contributed by atoms with Crippen molar-refractivity contribution in [2.24, 2.45) is 0 Å². The minimum absolute atomic E-state index is 0.0666. The van der Waals surface area contributed by atoms with Crippen LogP contribution in [0.1, 0.15) is 46.8 Å². The van der Waals surface area contributed by atoms with E-state index in [1.807, 2.05) is 30.3 Å². The van der Waals surface area contributed by atoms with Gasteiger partial charge in [-0.3, -0.25) is 9.89 Å². The summed E-state index contributed by atoms with van der Waals surface area (Å²) in [4.78, 5) is 12.7. The second kappa shape index (κ2) is 8.07. The minimum atomic E-state index is -0.198. The summed E-state index contributed by atoms with van der Waals surface area (Å²) in [7, 11) is 0. The number of rotatable bonds is 6. The minimum Gasteiger partial charge on any atom is -0.508 e. The average molecular weight is 396 g/mol. The number of aromatic nitrogens is 2. The molecule has 1 atom stereocenters. The van der Waals surface area contributed by atoms with E-state index in [0.29, 0.717) is 11.6 Å². The maximum absolute atomic E-state index is 12.7. The maximum atomic E-state index is 12.7. The number of nitrogens with zero attached hydrogens (tertiary/aromatic N) is 1. The van der Waals surface area contributed by atoms with Crippen molar-refractivity contribution >= 4 is 17.5 Å². The standard InChI is InChI=1S/C22H22ClN3O2/c23-16-6-1-4-14(10-16)19(15-5-2-7-17(27)11-15)12-22(28)24-13-21-18-8-3-9-20(18)25-26-21/h1-2,4-7,10-11,19,27H,3,8-9,12-13H2,(H,24,28)(H,25,26)/t19-/m0/s1. The number of halogens is 1. The van der Waals surface area contributed by atoms with Crippen molar-refractivity contribution in [3.8, 4) is 5.75 Å². The molecule has 0 saturated carbocycles. The van der Waals surface area contributed by atoms with Gasteiger partial charge in [0.15, 0.2) is 0 Å². The predicted molar refractivity (Wildman–Crippen MR) is 108 cm³/mol. The molecular weight excluding hydrogens is 374 g/mol. The Hall–Kier alpha value is -2.79. The van der Waals surface area contributed by atoms with Crippen molar-refractivity contribution in [3.05, 3.63) is 81.6 Å². The van der Waals surface area contributed by atoms with Crippen molar-refractivity contribution in [1.29, 1.82) is 0 Å². The van der Waals surface area contributed by atoms with Gasteiger partial charge in [-0.25, -0.2) is 0 Å². The zero-order valence-electron chi connectivity index (χ0n) is 15.4. The van der Waals surface area contributed by atoms with E-state index in [-0.39, 0.29) is 24.0 Å². The van der Waals surface area contributed by atoms with Gasteiger partial charge in [-0.2, -0.15) is 5.10 Å². The van der Waals surface area contributed by atoms with E-state index < -0.39 is 0 Å². The van der Waals surface area contributed by atoms with Gasteiger partial charge in [0.2, 0.25) is 5.91 Å². The summed E-state index contributed by atoms with van der Waals surface area (Å²) in [6.45, 7) is 0.424. The summed E-state index contributed by atoms with van der Waals surface area (Å²) < 4.78 is 0. The molecule has 0 unspecified atom stereocenters. The zero-order valence-corrected chi connectivity index (χ0v) is 16.2. The number of aromatic amines is 1. The number of fused-ring (bicyclic) bond motifs is 1. The molecule has 144 valence electrons. The lowest BCUT2D eigenvalue weighted by Gasteiger charge is -2.18. The van der Waals surface area contributed by atoms with Gasteiger partial charge in [0, 0.05) is 23.1 Å². The monoisotopic (exact) mass is 395 g/mol. The number of H-pyrrole nitrogens is 1. The topological polar surface area (TPSA) is 78.0 Å². The van der Waals surface area contributed by atoms with Gasteiger partial charge >= 0.3 is 0 Å². The zero-order chi connectivity index (χ0) is 19.5. The van der Waals surface area contributed by atoms with Crippen LogP contribution in [0.25, 0.3) is 0 Å². The number of hydrogen-bond donors (Lipinski definition) is 3. The molecule has 1 aromatic heterocycles. The van der Waals surface area contributed by atoms with Crippen molar-refractivity contribution in [1.82, 2.24) is 15.5 Å². The predicted octanol–water partition coefficient (Wildman–Crippen LogP) is 4.10. The first kappa shape index (κ1) is 18.6. The summed E-state index contributed by atoms with van der Waals surface area (Å²) in [5.41, 5.74) is 5.19. The molecule has 3 aromatic rings. The molecule has 1 heterocycles. The number of carbonyl (C=O) groups is 1. The lowest BCUT2D eigenvalue weighted by Crippen LogP contribution is -2.25. The smallest absolute Gasteiger partial charge is 0.221 e. The number of hydrogen-bond acceptors (Lipinski definition) is 3. The lowest BCUT2D eigenvalue weighted by molar-refractivity contribution is -0.121. The Kier molecular flexibility index (Phi) is 5.35. The van der Waals surface area contributed by atoms with E-state index in [1.165, 1.54) is 11.3 Å². The molecule has 1 amide bonds. The third-order valence-electron chi connectivity index (χ3n) is 5.26. The van der Waals surface area contributed by atoms with E-state index in [1.54, 1.807) is 18.2 Å². The van der Waals surface area contributed by atoms with Crippen LogP contribution in [0.5, 0.6) is 5.75 Å². The van der Waals surface area contributed by atoms with Gasteiger partial charge in [-0.1, -0.05) is 35.9 Å². The Bertz CT molecular complexity index is 953. The number of phenols is 1. The summed E-state index contributed by atoms with van der Waals surface area (Å²) in [6.07, 6.45) is 3.45. The van der Waals surface area contributed by atoms with Crippen molar-refractivity contribution in [2.75, 3.05) is 0 Å². The third kappa shape index (κ3) is 4.04. The largest absolute Gasteiger partial charge is 0.508 e. The highest BCUT2D eigenvalue weighted by molar-refractivity contribution is 6.30. The quantitative estimate of drug-likeness (QED) is 0.588. The fourth-order valence-corrected chi connectivity index (χ4v) is 4.07.